The average Bonchev–Trinajstić information content (AvgIpc) is 2.47. The lowest BCUT2D eigenvalue weighted by Gasteiger charge is -2.36. The monoisotopic (exact) mass is 305 g/mol. The first kappa shape index (κ1) is 16.3. The fraction of sp³-hybridized carbons (Fsp3) is 0.529. The minimum atomic E-state index is -0.841. The summed E-state index contributed by atoms with van der Waals surface area (Å²) in [5.41, 5.74) is 0.385. The third kappa shape index (κ3) is 4.00. The van der Waals surface area contributed by atoms with Crippen molar-refractivity contribution in [2.75, 3.05) is 13.7 Å². The second-order valence-electron chi connectivity index (χ2n) is 5.92. The van der Waals surface area contributed by atoms with Crippen molar-refractivity contribution in [3.8, 4) is 5.75 Å². The molecule has 1 aliphatic carbocycles. The summed E-state index contributed by atoms with van der Waals surface area (Å²) >= 11 is 0. The molecule has 0 heterocycles. The van der Waals surface area contributed by atoms with Gasteiger partial charge in [-0.15, -0.1) is 0 Å². The van der Waals surface area contributed by atoms with Gasteiger partial charge >= 0.3 is 5.97 Å². The van der Waals surface area contributed by atoms with E-state index in [4.69, 9.17) is 4.74 Å². The number of methoxy groups -OCH3 is 1. The summed E-state index contributed by atoms with van der Waals surface area (Å²) in [5.74, 6) is -0.166. The van der Waals surface area contributed by atoms with Crippen LogP contribution in [0.5, 0.6) is 5.75 Å². The number of amides is 1. The molecule has 0 aliphatic heterocycles. The Hall–Kier alpha value is -2.04. The van der Waals surface area contributed by atoms with Crippen molar-refractivity contribution >= 4 is 11.9 Å². The first-order valence-corrected chi connectivity index (χ1v) is 7.69. The molecule has 5 nitrogen and oxygen atoms in total. The molecule has 0 saturated heterocycles. The van der Waals surface area contributed by atoms with Crippen LogP contribution in [0, 0.1) is 5.41 Å². The van der Waals surface area contributed by atoms with E-state index in [2.05, 4.69) is 5.32 Å². The van der Waals surface area contributed by atoms with Gasteiger partial charge in [0.2, 0.25) is 5.91 Å². The van der Waals surface area contributed by atoms with Gasteiger partial charge in [-0.2, -0.15) is 0 Å². The van der Waals surface area contributed by atoms with Crippen LogP contribution in [0.25, 0.3) is 0 Å². The summed E-state index contributed by atoms with van der Waals surface area (Å²) in [5, 5.41) is 12.0. The van der Waals surface area contributed by atoms with E-state index in [1.807, 2.05) is 24.3 Å². The number of carboxylic acids is 1. The van der Waals surface area contributed by atoms with E-state index < -0.39 is 11.4 Å². The van der Waals surface area contributed by atoms with Crippen LogP contribution < -0.4 is 10.1 Å². The summed E-state index contributed by atoms with van der Waals surface area (Å²) in [6, 6.07) is 7.85. The number of aliphatic carboxylic acids is 1. The van der Waals surface area contributed by atoms with Crippen molar-refractivity contribution in [1.82, 2.24) is 5.32 Å². The molecular weight excluding hydrogens is 282 g/mol. The number of benzene rings is 1. The highest BCUT2D eigenvalue weighted by molar-refractivity contribution is 5.85. The maximum Gasteiger partial charge on any atom is 0.310 e. The number of carboxylic acid groups (broad SMARTS) is 1. The third-order valence-electron chi connectivity index (χ3n) is 4.39. The maximum atomic E-state index is 11.9. The number of hydrogen-bond donors (Lipinski definition) is 2. The highest BCUT2D eigenvalue weighted by Gasteiger charge is 2.45. The fourth-order valence-corrected chi connectivity index (χ4v) is 2.75. The maximum absolute atomic E-state index is 11.9. The van der Waals surface area contributed by atoms with Gasteiger partial charge in [-0.05, 0) is 43.4 Å². The molecule has 2 rings (SSSR count). The number of rotatable bonds is 8. The number of ether oxygens (including phenoxy) is 1. The molecule has 1 aromatic rings. The lowest BCUT2D eigenvalue weighted by atomic mass is 9.66. The van der Waals surface area contributed by atoms with Gasteiger partial charge < -0.3 is 15.2 Å². The topological polar surface area (TPSA) is 75.6 Å². The fourth-order valence-electron chi connectivity index (χ4n) is 2.75. The van der Waals surface area contributed by atoms with Gasteiger partial charge in [-0.25, -0.2) is 0 Å². The zero-order valence-electron chi connectivity index (χ0n) is 12.9. The van der Waals surface area contributed by atoms with E-state index in [0.29, 0.717) is 19.4 Å². The molecule has 5 heteroatoms. The van der Waals surface area contributed by atoms with E-state index in [1.165, 1.54) is 5.56 Å². The van der Waals surface area contributed by atoms with E-state index in [0.717, 1.165) is 25.0 Å². The van der Waals surface area contributed by atoms with Crippen molar-refractivity contribution in [2.45, 2.75) is 38.5 Å². The smallest absolute Gasteiger partial charge is 0.310 e. The Balaban J connectivity index is 1.67. The quantitative estimate of drug-likeness (QED) is 0.723. The molecule has 1 aromatic carbocycles. The van der Waals surface area contributed by atoms with Crippen LogP contribution in [-0.2, 0) is 16.0 Å². The zero-order chi connectivity index (χ0) is 16.0. The van der Waals surface area contributed by atoms with Gasteiger partial charge in [0.1, 0.15) is 5.75 Å². The van der Waals surface area contributed by atoms with Crippen LogP contribution in [0.15, 0.2) is 24.3 Å². The highest BCUT2D eigenvalue weighted by Crippen LogP contribution is 2.44. The standard InChI is InChI=1S/C17H23NO4/c1-22-14-7-5-13(6-8-14)4-2-11-18-15(19)12-17(16(20)21)9-3-10-17/h5-8H,2-4,9-12H2,1H3,(H,18,19)(H,20,21). The molecule has 22 heavy (non-hydrogen) atoms. The van der Waals surface area contributed by atoms with Crippen molar-refractivity contribution in [3.63, 3.8) is 0 Å². The molecule has 0 spiro atoms. The van der Waals surface area contributed by atoms with Crippen LogP contribution in [0.4, 0.5) is 0 Å². The minimum absolute atomic E-state index is 0.102. The lowest BCUT2D eigenvalue weighted by Crippen LogP contribution is -2.42. The third-order valence-corrected chi connectivity index (χ3v) is 4.39. The second-order valence-corrected chi connectivity index (χ2v) is 5.92. The molecule has 0 unspecified atom stereocenters. The Morgan fingerprint density at radius 1 is 1.27 bits per heavy atom. The van der Waals surface area contributed by atoms with E-state index in [9.17, 15) is 14.7 Å². The first-order valence-electron chi connectivity index (χ1n) is 7.69. The summed E-state index contributed by atoms with van der Waals surface area (Å²) in [6.45, 7) is 0.570. The van der Waals surface area contributed by atoms with Crippen LogP contribution in [0.2, 0.25) is 0 Å². The van der Waals surface area contributed by atoms with Crippen molar-refractivity contribution in [1.29, 1.82) is 0 Å². The van der Waals surface area contributed by atoms with Crippen molar-refractivity contribution in [3.05, 3.63) is 29.8 Å². The minimum Gasteiger partial charge on any atom is -0.497 e. The summed E-state index contributed by atoms with van der Waals surface area (Å²) in [4.78, 5) is 23.1. The Labute approximate surface area is 130 Å². The number of nitrogens with one attached hydrogen (secondary N) is 1. The Morgan fingerprint density at radius 2 is 1.95 bits per heavy atom. The molecule has 1 amide bonds. The van der Waals surface area contributed by atoms with Crippen LogP contribution in [-0.4, -0.2) is 30.6 Å². The summed E-state index contributed by atoms with van der Waals surface area (Å²) in [6.07, 6.45) is 3.93. The van der Waals surface area contributed by atoms with Gasteiger partial charge in [-0.3, -0.25) is 9.59 Å². The second kappa shape index (κ2) is 7.29. The molecule has 0 radical (unpaired) electrons. The van der Waals surface area contributed by atoms with E-state index in [-0.39, 0.29) is 12.3 Å². The summed E-state index contributed by atoms with van der Waals surface area (Å²) < 4.78 is 5.10. The molecule has 0 atom stereocenters. The lowest BCUT2D eigenvalue weighted by molar-refractivity contribution is -0.157. The van der Waals surface area contributed by atoms with Gasteiger partial charge in [0.15, 0.2) is 0 Å². The molecule has 0 aromatic heterocycles. The molecule has 1 fully saturated rings. The number of carbonyl (C=O) groups is 2. The molecule has 2 N–H and O–H groups in total. The summed E-state index contributed by atoms with van der Waals surface area (Å²) in [7, 11) is 1.64. The van der Waals surface area contributed by atoms with Gasteiger partial charge in [0, 0.05) is 13.0 Å². The normalized spacial score (nSPS) is 15.7. The number of carbonyl (C=O) groups excluding carboxylic acids is 1. The molecule has 120 valence electrons. The van der Waals surface area contributed by atoms with Crippen LogP contribution >= 0.6 is 0 Å². The molecule has 1 saturated carbocycles. The largest absolute Gasteiger partial charge is 0.497 e. The van der Waals surface area contributed by atoms with Crippen LogP contribution in [0.3, 0.4) is 0 Å². The average molecular weight is 305 g/mol. The van der Waals surface area contributed by atoms with Gasteiger partial charge in [0.05, 0.1) is 12.5 Å². The number of aryl methyl sites for hydroxylation is 1. The zero-order valence-corrected chi connectivity index (χ0v) is 12.9. The molecular formula is C17H23NO4. The highest BCUT2D eigenvalue weighted by atomic mass is 16.5. The van der Waals surface area contributed by atoms with E-state index in [1.54, 1.807) is 7.11 Å². The Kier molecular flexibility index (Phi) is 5.41. The van der Waals surface area contributed by atoms with E-state index >= 15 is 0 Å². The SMILES string of the molecule is COc1ccc(CCCNC(=O)CC2(C(=O)O)CCC2)cc1. The number of hydrogen-bond acceptors (Lipinski definition) is 3. The predicted octanol–water partition coefficient (Wildman–Crippen LogP) is 2.39. The van der Waals surface area contributed by atoms with Crippen LogP contribution in [0.1, 0.15) is 37.7 Å². The molecule has 0 bridgehead atoms. The van der Waals surface area contributed by atoms with Gasteiger partial charge in [0.25, 0.3) is 0 Å². The molecule has 1 aliphatic rings. The Bertz CT molecular complexity index is 520. The predicted molar refractivity (Wildman–Crippen MR) is 82.9 cm³/mol. The Morgan fingerprint density at radius 3 is 2.45 bits per heavy atom. The van der Waals surface area contributed by atoms with Crippen molar-refractivity contribution in [2.24, 2.45) is 5.41 Å². The first-order chi connectivity index (χ1) is 10.6. The van der Waals surface area contributed by atoms with Gasteiger partial charge in [-0.1, -0.05) is 18.6 Å². The van der Waals surface area contributed by atoms with Crippen molar-refractivity contribution < 1.29 is 19.4 Å².